The van der Waals surface area contributed by atoms with Crippen molar-refractivity contribution in [3.05, 3.63) is 65.9 Å². The van der Waals surface area contributed by atoms with E-state index in [-0.39, 0.29) is 6.03 Å². The Bertz CT molecular complexity index is 1330. The number of nitrogens with zero attached hydrogens (tertiary/aromatic N) is 3. The molecule has 0 spiro atoms. The molecule has 8 heteroatoms. The number of fused-ring (bicyclic) bond motifs is 1. The Morgan fingerprint density at radius 3 is 2.68 bits per heavy atom. The maximum Gasteiger partial charge on any atom is 0.326 e. The fourth-order valence-electron chi connectivity index (χ4n) is 4.17. The third-order valence-electron chi connectivity index (χ3n) is 6.00. The molecule has 0 radical (unpaired) electrons. The summed E-state index contributed by atoms with van der Waals surface area (Å²) in [6.07, 6.45) is 5.52. The molecule has 1 aliphatic rings. The van der Waals surface area contributed by atoms with E-state index in [0.29, 0.717) is 5.95 Å². The minimum Gasteiger partial charge on any atom is -0.360 e. The van der Waals surface area contributed by atoms with Gasteiger partial charge in [0.05, 0.1) is 0 Å². The maximum atomic E-state index is 12.8. The van der Waals surface area contributed by atoms with Gasteiger partial charge < -0.3 is 15.2 Å². The Morgan fingerprint density at radius 2 is 1.82 bits per heavy atom. The van der Waals surface area contributed by atoms with Gasteiger partial charge in [-0.3, -0.25) is 5.32 Å². The molecule has 0 aliphatic carbocycles. The molecule has 174 valence electrons. The lowest BCUT2D eigenvalue weighted by molar-refractivity contribution is 0.262. The van der Waals surface area contributed by atoms with Crippen molar-refractivity contribution in [2.75, 3.05) is 28.6 Å². The second kappa shape index (κ2) is 9.77. The average Bonchev–Trinajstić information content (AvgIpc) is 3.24. The normalized spacial score (nSPS) is 13.8. The molecule has 2 aromatic carbocycles. The predicted molar refractivity (Wildman–Crippen MR) is 139 cm³/mol. The van der Waals surface area contributed by atoms with Crippen molar-refractivity contribution in [2.24, 2.45) is 0 Å². The van der Waals surface area contributed by atoms with Gasteiger partial charge in [0.25, 0.3) is 0 Å². The van der Waals surface area contributed by atoms with Crippen molar-refractivity contribution in [2.45, 2.75) is 43.0 Å². The molecule has 5 rings (SSSR count). The molecule has 3 N–H and O–H groups in total. The van der Waals surface area contributed by atoms with Gasteiger partial charge in [0.2, 0.25) is 5.95 Å². The van der Waals surface area contributed by atoms with Crippen molar-refractivity contribution in [1.82, 2.24) is 15.0 Å². The third kappa shape index (κ3) is 5.02. The van der Waals surface area contributed by atoms with Crippen LogP contribution in [0.25, 0.3) is 10.9 Å². The van der Waals surface area contributed by atoms with Crippen LogP contribution in [0.15, 0.2) is 64.6 Å². The van der Waals surface area contributed by atoms with Crippen molar-refractivity contribution in [3.63, 3.8) is 0 Å². The molecule has 0 atom stereocenters. The van der Waals surface area contributed by atoms with E-state index >= 15 is 0 Å². The van der Waals surface area contributed by atoms with Crippen LogP contribution in [0.3, 0.4) is 0 Å². The first kappa shape index (κ1) is 22.3. The number of aromatic nitrogens is 3. The summed E-state index contributed by atoms with van der Waals surface area (Å²) in [6.45, 7) is 5.89. The van der Waals surface area contributed by atoms with Crippen molar-refractivity contribution in [1.29, 1.82) is 0 Å². The van der Waals surface area contributed by atoms with Gasteiger partial charge in [-0.15, -0.1) is 0 Å². The molecule has 0 bridgehead atoms. The lowest BCUT2D eigenvalue weighted by Gasteiger charge is -2.28. The van der Waals surface area contributed by atoms with Crippen molar-refractivity contribution in [3.8, 4) is 0 Å². The highest BCUT2D eigenvalue weighted by Crippen LogP contribution is 2.34. The van der Waals surface area contributed by atoms with Crippen molar-refractivity contribution < 1.29 is 4.79 Å². The maximum absolute atomic E-state index is 12.8. The molecule has 0 saturated carbocycles. The summed E-state index contributed by atoms with van der Waals surface area (Å²) in [5.41, 5.74) is 3.95. The molecule has 2 aromatic heterocycles. The second-order valence-corrected chi connectivity index (χ2v) is 9.70. The van der Waals surface area contributed by atoms with Gasteiger partial charge in [0.15, 0.2) is 0 Å². The molecular formula is C26H28N6OS. The highest BCUT2D eigenvalue weighted by Gasteiger charge is 2.17. The summed E-state index contributed by atoms with van der Waals surface area (Å²) in [5.74, 6) is 1.15. The number of carbonyl (C=O) groups excluding carboxylic acids is 1. The Morgan fingerprint density at radius 1 is 1.00 bits per heavy atom. The summed E-state index contributed by atoms with van der Waals surface area (Å²) in [6, 6.07) is 15.8. The van der Waals surface area contributed by atoms with Gasteiger partial charge in [-0.05, 0) is 56.4 Å². The summed E-state index contributed by atoms with van der Waals surface area (Å²) in [7, 11) is 0. The van der Waals surface area contributed by atoms with Crippen LogP contribution in [-0.2, 0) is 0 Å². The monoisotopic (exact) mass is 472 g/mol. The SMILES string of the molecule is Cc1ccc(C)c(NC(=O)Nc2nc(Sc3c[nH]c4ccccc34)cc(N3CCCCC3)n2)c1. The number of rotatable bonds is 5. The van der Waals surface area contributed by atoms with E-state index in [1.54, 1.807) is 11.8 Å². The summed E-state index contributed by atoms with van der Waals surface area (Å²) >= 11 is 1.57. The predicted octanol–water partition coefficient (Wildman–Crippen LogP) is 6.36. The van der Waals surface area contributed by atoms with E-state index < -0.39 is 0 Å². The van der Waals surface area contributed by atoms with E-state index in [2.05, 4.69) is 37.6 Å². The third-order valence-corrected chi connectivity index (χ3v) is 6.98. The number of anilines is 3. The Hall–Kier alpha value is -3.52. The number of hydrogen-bond acceptors (Lipinski definition) is 5. The number of aryl methyl sites for hydroxylation is 2. The Labute approximate surface area is 203 Å². The van der Waals surface area contributed by atoms with Crippen molar-refractivity contribution >= 4 is 46.1 Å². The van der Waals surface area contributed by atoms with E-state index in [4.69, 9.17) is 4.98 Å². The number of hydrogen-bond donors (Lipinski definition) is 3. The molecular weight excluding hydrogens is 444 g/mol. The first-order valence-electron chi connectivity index (χ1n) is 11.6. The van der Waals surface area contributed by atoms with Crippen LogP contribution in [0.5, 0.6) is 0 Å². The number of nitrogens with one attached hydrogen (secondary N) is 3. The zero-order valence-corrected chi connectivity index (χ0v) is 20.2. The van der Waals surface area contributed by atoms with Gasteiger partial charge in [-0.2, -0.15) is 4.98 Å². The summed E-state index contributed by atoms with van der Waals surface area (Å²) in [5, 5.41) is 7.73. The molecule has 1 saturated heterocycles. The van der Waals surface area contributed by atoms with Crippen LogP contribution >= 0.6 is 11.8 Å². The van der Waals surface area contributed by atoms with Crippen LogP contribution in [0.1, 0.15) is 30.4 Å². The highest BCUT2D eigenvalue weighted by atomic mass is 32.2. The van der Waals surface area contributed by atoms with Crippen LogP contribution in [0.2, 0.25) is 0 Å². The molecule has 3 heterocycles. The topological polar surface area (TPSA) is 85.9 Å². The second-order valence-electron chi connectivity index (χ2n) is 8.63. The number of piperidine rings is 1. The van der Waals surface area contributed by atoms with Gasteiger partial charge in [-0.1, -0.05) is 42.1 Å². The molecule has 4 aromatic rings. The van der Waals surface area contributed by atoms with Crippen LogP contribution in [-0.4, -0.2) is 34.1 Å². The lowest BCUT2D eigenvalue weighted by atomic mass is 10.1. The number of urea groups is 1. The van der Waals surface area contributed by atoms with Gasteiger partial charge in [-0.25, -0.2) is 9.78 Å². The smallest absolute Gasteiger partial charge is 0.326 e. The average molecular weight is 473 g/mol. The van der Waals surface area contributed by atoms with Crippen LogP contribution < -0.4 is 15.5 Å². The van der Waals surface area contributed by atoms with E-state index in [1.165, 1.54) is 6.42 Å². The first-order valence-corrected chi connectivity index (χ1v) is 12.4. The first-order chi connectivity index (χ1) is 16.5. The number of amides is 2. The van der Waals surface area contributed by atoms with Gasteiger partial charge >= 0.3 is 6.03 Å². The zero-order chi connectivity index (χ0) is 23.5. The van der Waals surface area contributed by atoms with E-state index in [1.807, 2.05) is 56.4 Å². The molecule has 1 aliphatic heterocycles. The Kier molecular flexibility index (Phi) is 6.40. The number of H-pyrrole nitrogens is 1. The minimum atomic E-state index is -0.354. The quantitative estimate of drug-likeness (QED) is 0.294. The zero-order valence-electron chi connectivity index (χ0n) is 19.4. The minimum absolute atomic E-state index is 0.299. The van der Waals surface area contributed by atoms with Crippen LogP contribution in [0, 0.1) is 13.8 Å². The molecule has 2 amide bonds. The molecule has 34 heavy (non-hydrogen) atoms. The highest BCUT2D eigenvalue weighted by molar-refractivity contribution is 7.99. The summed E-state index contributed by atoms with van der Waals surface area (Å²) < 4.78 is 0. The standard InChI is InChI=1S/C26H28N6OS/c1-17-10-11-18(2)21(14-17)28-26(33)31-25-29-23(32-12-6-3-7-13-32)15-24(30-25)34-22-16-27-20-9-5-4-8-19(20)22/h4-5,8-11,14-16,27H,3,6-7,12-13H2,1-2H3,(H2,28,29,30,31,33). The van der Waals surface area contributed by atoms with Crippen LogP contribution in [0.4, 0.5) is 22.2 Å². The molecule has 7 nitrogen and oxygen atoms in total. The number of benzene rings is 2. The molecule has 0 unspecified atom stereocenters. The lowest BCUT2D eigenvalue weighted by Crippen LogP contribution is -2.31. The number of carbonyl (C=O) groups is 1. The number of aromatic amines is 1. The fourth-order valence-corrected chi connectivity index (χ4v) is 5.10. The summed E-state index contributed by atoms with van der Waals surface area (Å²) in [4.78, 5) is 28.9. The van der Waals surface area contributed by atoms with E-state index in [0.717, 1.165) is 69.4 Å². The van der Waals surface area contributed by atoms with E-state index in [9.17, 15) is 4.79 Å². The largest absolute Gasteiger partial charge is 0.360 e. The number of para-hydroxylation sites is 1. The van der Waals surface area contributed by atoms with Gasteiger partial charge in [0, 0.05) is 46.8 Å². The fraction of sp³-hybridized carbons (Fsp3) is 0.269. The Balaban J connectivity index is 1.42. The molecule has 1 fully saturated rings. The van der Waals surface area contributed by atoms with Gasteiger partial charge in [0.1, 0.15) is 10.8 Å².